The molecule has 1 rings (SSSR count). The number of nitrogens with one attached hydrogen (secondary N) is 2. The number of carbonyl (C=O) groups excluding carboxylic acids is 3. The zero-order chi connectivity index (χ0) is 20.4. The van der Waals surface area contributed by atoms with Crippen LogP contribution in [-0.4, -0.2) is 48.3 Å². The van der Waals surface area contributed by atoms with Crippen LogP contribution in [0, 0.1) is 5.95 Å². The van der Waals surface area contributed by atoms with Crippen molar-refractivity contribution in [3.05, 3.63) is 29.8 Å². The van der Waals surface area contributed by atoms with E-state index in [0.29, 0.717) is 25.8 Å². The fraction of sp³-hybridized carbons (Fsp3) is 0.556. The van der Waals surface area contributed by atoms with Crippen LogP contribution < -0.4 is 10.6 Å². The van der Waals surface area contributed by atoms with Gasteiger partial charge in [-0.3, -0.25) is 4.79 Å². The molecule has 0 saturated heterocycles. The number of halogens is 1. The lowest BCUT2D eigenvalue weighted by Gasteiger charge is -2.20. The Labute approximate surface area is 157 Å². The molecule has 2 amide bonds. The van der Waals surface area contributed by atoms with Crippen molar-refractivity contribution in [3.8, 4) is 0 Å². The maximum atomic E-state index is 13.1. The van der Waals surface area contributed by atoms with Crippen LogP contribution in [0.25, 0.3) is 0 Å². The molecule has 8 nitrogen and oxygen atoms in total. The minimum Gasteiger partial charge on any atom is -0.467 e. The molecule has 27 heavy (non-hydrogen) atoms. The number of ether oxygens (including phenoxy) is 2. The van der Waals surface area contributed by atoms with Crippen LogP contribution in [0.3, 0.4) is 0 Å². The standard InChI is InChI=1S/C18H26FN3O5/c1-18(2,3)27-17(25)20-11-6-5-8-13(16(24)26-4)22-15(23)12-9-7-10-14(19)21-12/h7,9-10,13H,5-6,8,11H2,1-4H3,(H,20,25)(H,22,23)/t13-/m0/s1. The molecule has 0 aliphatic heterocycles. The number of rotatable bonds is 8. The van der Waals surface area contributed by atoms with E-state index in [9.17, 15) is 18.8 Å². The molecule has 0 aliphatic carbocycles. The highest BCUT2D eigenvalue weighted by Gasteiger charge is 2.22. The van der Waals surface area contributed by atoms with Crippen molar-refractivity contribution in [1.29, 1.82) is 0 Å². The van der Waals surface area contributed by atoms with Crippen molar-refractivity contribution in [2.24, 2.45) is 0 Å². The van der Waals surface area contributed by atoms with E-state index in [4.69, 9.17) is 4.74 Å². The van der Waals surface area contributed by atoms with E-state index in [1.54, 1.807) is 20.8 Å². The molecule has 1 heterocycles. The van der Waals surface area contributed by atoms with E-state index in [0.717, 1.165) is 6.07 Å². The Morgan fingerprint density at radius 3 is 2.52 bits per heavy atom. The van der Waals surface area contributed by atoms with Crippen molar-refractivity contribution < 1.29 is 28.2 Å². The quantitative estimate of drug-likeness (QED) is 0.405. The Balaban J connectivity index is 2.46. The molecule has 0 radical (unpaired) electrons. The van der Waals surface area contributed by atoms with E-state index in [-0.39, 0.29) is 5.69 Å². The van der Waals surface area contributed by atoms with Crippen LogP contribution in [0.2, 0.25) is 0 Å². The number of methoxy groups -OCH3 is 1. The molecule has 1 aromatic heterocycles. The molecule has 150 valence electrons. The zero-order valence-corrected chi connectivity index (χ0v) is 16.0. The second-order valence-corrected chi connectivity index (χ2v) is 6.82. The molecular formula is C18H26FN3O5. The van der Waals surface area contributed by atoms with Gasteiger partial charge in [0.25, 0.3) is 5.91 Å². The predicted octanol–water partition coefficient (Wildman–Crippen LogP) is 2.19. The number of hydrogen-bond acceptors (Lipinski definition) is 6. The highest BCUT2D eigenvalue weighted by Crippen LogP contribution is 2.07. The Morgan fingerprint density at radius 2 is 1.93 bits per heavy atom. The normalized spacial score (nSPS) is 12.0. The first kappa shape index (κ1) is 22.3. The van der Waals surface area contributed by atoms with Gasteiger partial charge in [-0.2, -0.15) is 4.39 Å². The van der Waals surface area contributed by atoms with Crippen molar-refractivity contribution in [2.75, 3.05) is 13.7 Å². The molecule has 0 saturated carbocycles. The van der Waals surface area contributed by atoms with Gasteiger partial charge in [-0.1, -0.05) is 6.07 Å². The maximum absolute atomic E-state index is 13.1. The van der Waals surface area contributed by atoms with Gasteiger partial charge < -0.3 is 20.1 Å². The second-order valence-electron chi connectivity index (χ2n) is 6.82. The number of alkyl carbamates (subject to hydrolysis) is 1. The largest absolute Gasteiger partial charge is 0.467 e. The summed E-state index contributed by atoms with van der Waals surface area (Å²) < 4.78 is 22.9. The van der Waals surface area contributed by atoms with Gasteiger partial charge in [0.1, 0.15) is 17.3 Å². The van der Waals surface area contributed by atoms with Gasteiger partial charge in [0.2, 0.25) is 5.95 Å². The lowest BCUT2D eigenvalue weighted by molar-refractivity contribution is -0.143. The Morgan fingerprint density at radius 1 is 1.22 bits per heavy atom. The van der Waals surface area contributed by atoms with E-state index < -0.39 is 35.6 Å². The van der Waals surface area contributed by atoms with Crippen LogP contribution in [0.1, 0.15) is 50.5 Å². The van der Waals surface area contributed by atoms with Crippen LogP contribution in [0.4, 0.5) is 9.18 Å². The first-order valence-corrected chi connectivity index (χ1v) is 8.60. The monoisotopic (exact) mass is 383 g/mol. The summed E-state index contributed by atoms with van der Waals surface area (Å²) in [6.45, 7) is 5.67. The highest BCUT2D eigenvalue weighted by molar-refractivity contribution is 5.95. The highest BCUT2D eigenvalue weighted by atomic mass is 19.1. The van der Waals surface area contributed by atoms with Crippen LogP contribution in [0.5, 0.6) is 0 Å². The average Bonchev–Trinajstić information content (AvgIpc) is 2.58. The number of esters is 1. The van der Waals surface area contributed by atoms with Crippen molar-refractivity contribution in [2.45, 2.75) is 51.7 Å². The van der Waals surface area contributed by atoms with Gasteiger partial charge in [0, 0.05) is 6.54 Å². The molecule has 0 fully saturated rings. The topological polar surface area (TPSA) is 107 Å². The SMILES string of the molecule is COC(=O)[C@H](CCCCNC(=O)OC(C)(C)C)NC(=O)c1cccc(F)n1. The fourth-order valence-corrected chi connectivity index (χ4v) is 2.14. The first-order chi connectivity index (χ1) is 12.6. The van der Waals surface area contributed by atoms with Gasteiger partial charge >= 0.3 is 12.1 Å². The van der Waals surface area contributed by atoms with Crippen molar-refractivity contribution >= 4 is 18.0 Å². The molecule has 0 aliphatic rings. The van der Waals surface area contributed by atoms with Crippen molar-refractivity contribution in [3.63, 3.8) is 0 Å². The van der Waals surface area contributed by atoms with Crippen LogP contribution in [0.15, 0.2) is 18.2 Å². The fourth-order valence-electron chi connectivity index (χ4n) is 2.14. The summed E-state index contributed by atoms with van der Waals surface area (Å²) in [5.74, 6) is -2.07. The molecule has 0 bridgehead atoms. The second kappa shape index (κ2) is 10.4. The third-order valence-electron chi connectivity index (χ3n) is 3.33. The van der Waals surface area contributed by atoms with E-state index in [2.05, 4.69) is 20.4 Å². The van der Waals surface area contributed by atoms with E-state index >= 15 is 0 Å². The Hall–Kier alpha value is -2.71. The summed E-state index contributed by atoms with van der Waals surface area (Å²) in [6.07, 6.45) is 0.884. The number of nitrogens with zero attached hydrogens (tertiary/aromatic N) is 1. The summed E-state index contributed by atoms with van der Waals surface area (Å²) in [5.41, 5.74) is -0.703. The lowest BCUT2D eigenvalue weighted by Crippen LogP contribution is -2.42. The number of pyridine rings is 1. The molecule has 0 spiro atoms. The third kappa shape index (κ3) is 8.98. The molecule has 9 heteroatoms. The van der Waals surface area contributed by atoms with Gasteiger partial charge in [0.15, 0.2) is 0 Å². The number of unbranched alkanes of at least 4 members (excludes halogenated alkanes) is 1. The number of amides is 2. The molecule has 2 N–H and O–H groups in total. The van der Waals surface area contributed by atoms with Crippen LogP contribution >= 0.6 is 0 Å². The average molecular weight is 383 g/mol. The minimum absolute atomic E-state index is 0.129. The Kier molecular flexibility index (Phi) is 8.64. The van der Waals surface area contributed by atoms with E-state index in [1.807, 2.05) is 0 Å². The number of carbonyl (C=O) groups is 3. The van der Waals surface area contributed by atoms with Crippen molar-refractivity contribution in [1.82, 2.24) is 15.6 Å². The first-order valence-electron chi connectivity index (χ1n) is 8.60. The molecule has 1 aromatic rings. The van der Waals surface area contributed by atoms with Gasteiger partial charge in [0.05, 0.1) is 7.11 Å². The van der Waals surface area contributed by atoms with Gasteiger partial charge in [-0.25, -0.2) is 14.6 Å². The summed E-state index contributed by atoms with van der Waals surface area (Å²) in [5, 5.41) is 5.10. The smallest absolute Gasteiger partial charge is 0.407 e. The lowest BCUT2D eigenvalue weighted by atomic mass is 10.1. The number of hydrogen-bond donors (Lipinski definition) is 2. The summed E-state index contributed by atoms with van der Waals surface area (Å²) in [6, 6.07) is 2.92. The molecule has 1 atom stereocenters. The summed E-state index contributed by atoms with van der Waals surface area (Å²) in [7, 11) is 1.21. The van der Waals surface area contributed by atoms with Gasteiger partial charge in [-0.05, 0) is 52.2 Å². The zero-order valence-electron chi connectivity index (χ0n) is 16.0. The minimum atomic E-state index is -0.894. The third-order valence-corrected chi connectivity index (χ3v) is 3.33. The summed E-state index contributed by atoms with van der Waals surface area (Å²) in [4.78, 5) is 39.0. The number of aromatic nitrogens is 1. The maximum Gasteiger partial charge on any atom is 0.407 e. The molecular weight excluding hydrogens is 357 g/mol. The Bertz CT molecular complexity index is 661. The van der Waals surface area contributed by atoms with Crippen LogP contribution in [-0.2, 0) is 14.3 Å². The predicted molar refractivity (Wildman–Crippen MR) is 95.6 cm³/mol. The molecule has 0 aromatic carbocycles. The van der Waals surface area contributed by atoms with E-state index in [1.165, 1.54) is 19.2 Å². The molecule has 0 unspecified atom stereocenters. The summed E-state index contributed by atoms with van der Waals surface area (Å²) >= 11 is 0. The van der Waals surface area contributed by atoms with Gasteiger partial charge in [-0.15, -0.1) is 0 Å².